The number of ether oxygens (including phenoxy) is 2. The van der Waals surface area contributed by atoms with Gasteiger partial charge in [0.1, 0.15) is 6.61 Å². The maximum absolute atomic E-state index is 5.90. The molecule has 0 aliphatic rings. The Labute approximate surface area is 137 Å². The fourth-order valence-corrected chi connectivity index (χ4v) is 2.96. The van der Waals surface area contributed by atoms with Crippen LogP contribution in [-0.2, 0) is 13.2 Å². The molecule has 4 nitrogen and oxygen atoms in total. The molecule has 2 rings (SSSR count). The maximum Gasteiger partial charge on any atom is 0.175 e. The van der Waals surface area contributed by atoms with Gasteiger partial charge in [-0.05, 0) is 47.1 Å². The molecule has 114 valence electrons. The van der Waals surface area contributed by atoms with Crippen molar-refractivity contribution in [3.63, 3.8) is 0 Å². The highest BCUT2D eigenvalue weighted by Gasteiger charge is 2.12. The number of rotatable bonds is 8. The number of aromatic nitrogens is 1. The molecular weight excluding hydrogens is 352 g/mol. The predicted molar refractivity (Wildman–Crippen MR) is 89.1 cm³/mol. The molecule has 0 saturated carbocycles. The van der Waals surface area contributed by atoms with Crippen molar-refractivity contribution >= 4 is 27.3 Å². The van der Waals surface area contributed by atoms with Crippen LogP contribution in [0.25, 0.3) is 0 Å². The number of benzene rings is 1. The van der Waals surface area contributed by atoms with Crippen LogP contribution >= 0.6 is 27.3 Å². The molecule has 1 aromatic heterocycles. The van der Waals surface area contributed by atoms with E-state index in [9.17, 15) is 0 Å². The normalized spacial score (nSPS) is 10.6. The van der Waals surface area contributed by atoms with Crippen LogP contribution < -0.4 is 14.8 Å². The van der Waals surface area contributed by atoms with Crippen molar-refractivity contribution < 1.29 is 9.47 Å². The standard InChI is InChI=1S/C15H19BrN2O2S/c1-3-17-7-11-5-13(16)15(14(6-11)19-4-2)20-9-12-8-18-10-21-12/h5-6,8,10,17H,3-4,7,9H2,1-2H3. The Kier molecular flexibility index (Phi) is 6.48. The number of hydrogen-bond donors (Lipinski definition) is 1. The van der Waals surface area contributed by atoms with Gasteiger partial charge in [0.15, 0.2) is 11.5 Å². The Hall–Kier alpha value is -1.11. The van der Waals surface area contributed by atoms with E-state index in [0.29, 0.717) is 13.2 Å². The summed E-state index contributed by atoms with van der Waals surface area (Å²) < 4.78 is 12.5. The number of halogens is 1. The molecule has 1 heterocycles. The molecule has 0 saturated heterocycles. The van der Waals surface area contributed by atoms with E-state index in [2.05, 4.69) is 39.2 Å². The van der Waals surface area contributed by atoms with E-state index in [1.54, 1.807) is 16.8 Å². The Morgan fingerprint density at radius 3 is 2.81 bits per heavy atom. The Morgan fingerprint density at radius 1 is 1.29 bits per heavy atom. The van der Waals surface area contributed by atoms with Crippen LogP contribution in [-0.4, -0.2) is 18.1 Å². The van der Waals surface area contributed by atoms with Crippen molar-refractivity contribution in [2.45, 2.75) is 27.0 Å². The van der Waals surface area contributed by atoms with Gasteiger partial charge in [0.25, 0.3) is 0 Å². The Balaban J connectivity index is 2.17. The maximum atomic E-state index is 5.90. The smallest absolute Gasteiger partial charge is 0.175 e. The van der Waals surface area contributed by atoms with E-state index in [1.807, 2.05) is 19.2 Å². The van der Waals surface area contributed by atoms with Gasteiger partial charge in [-0.2, -0.15) is 0 Å². The molecule has 0 amide bonds. The molecule has 0 aliphatic carbocycles. The molecule has 1 N–H and O–H groups in total. The highest BCUT2D eigenvalue weighted by atomic mass is 79.9. The van der Waals surface area contributed by atoms with Crippen molar-refractivity contribution in [2.75, 3.05) is 13.2 Å². The van der Waals surface area contributed by atoms with Crippen LogP contribution in [0.15, 0.2) is 28.3 Å². The average Bonchev–Trinajstić information content (AvgIpc) is 2.98. The van der Waals surface area contributed by atoms with Crippen molar-refractivity contribution in [1.82, 2.24) is 10.3 Å². The first kappa shape index (κ1) is 16.3. The van der Waals surface area contributed by atoms with E-state index in [0.717, 1.165) is 39.5 Å². The quantitative estimate of drug-likeness (QED) is 0.762. The highest BCUT2D eigenvalue weighted by molar-refractivity contribution is 9.10. The van der Waals surface area contributed by atoms with Crippen LogP contribution in [0.3, 0.4) is 0 Å². The highest BCUT2D eigenvalue weighted by Crippen LogP contribution is 2.37. The minimum atomic E-state index is 0.496. The lowest BCUT2D eigenvalue weighted by Crippen LogP contribution is -2.12. The summed E-state index contributed by atoms with van der Waals surface area (Å²) in [6, 6.07) is 4.09. The summed E-state index contributed by atoms with van der Waals surface area (Å²) in [5.41, 5.74) is 2.97. The third-order valence-corrected chi connectivity index (χ3v) is 4.13. The van der Waals surface area contributed by atoms with Crippen LogP contribution in [0.5, 0.6) is 11.5 Å². The summed E-state index contributed by atoms with van der Waals surface area (Å²) in [6.07, 6.45) is 1.82. The van der Waals surface area contributed by atoms with E-state index >= 15 is 0 Å². The summed E-state index contributed by atoms with van der Waals surface area (Å²) in [5, 5.41) is 3.31. The Morgan fingerprint density at radius 2 is 2.14 bits per heavy atom. The second-order valence-corrected chi connectivity index (χ2v) is 6.20. The van der Waals surface area contributed by atoms with E-state index in [1.165, 1.54) is 0 Å². The largest absolute Gasteiger partial charge is 0.490 e. The number of thiazole rings is 1. The second kappa shape index (κ2) is 8.36. The van der Waals surface area contributed by atoms with Crippen LogP contribution in [0.4, 0.5) is 0 Å². The van der Waals surface area contributed by atoms with E-state index in [-0.39, 0.29) is 0 Å². The molecule has 21 heavy (non-hydrogen) atoms. The van der Waals surface area contributed by atoms with Gasteiger partial charge in [0.05, 0.1) is 21.5 Å². The molecule has 0 atom stereocenters. The van der Waals surface area contributed by atoms with Gasteiger partial charge in [-0.25, -0.2) is 0 Å². The summed E-state index contributed by atoms with van der Waals surface area (Å²) in [4.78, 5) is 5.14. The summed E-state index contributed by atoms with van der Waals surface area (Å²) >= 11 is 5.16. The first-order valence-electron chi connectivity index (χ1n) is 6.90. The van der Waals surface area contributed by atoms with Gasteiger partial charge in [-0.1, -0.05) is 6.92 Å². The first-order chi connectivity index (χ1) is 10.2. The van der Waals surface area contributed by atoms with Gasteiger partial charge >= 0.3 is 0 Å². The zero-order chi connectivity index (χ0) is 15.1. The first-order valence-corrected chi connectivity index (χ1v) is 8.58. The van der Waals surface area contributed by atoms with Gasteiger partial charge < -0.3 is 14.8 Å². The van der Waals surface area contributed by atoms with Crippen molar-refractivity contribution in [3.8, 4) is 11.5 Å². The van der Waals surface area contributed by atoms with Crippen molar-refractivity contribution in [1.29, 1.82) is 0 Å². The van der Waals surface area contributed by atoms with Gasteiger partial charge in [0, 0.05) is 12.7 Å². The van der Waals surface area contributed by atoms with Crippen molar-refractivity contribution in [2.24, 2.45) is 0 Å². The molecule has 0 fully saturated rings. The summed E-state index contributed by atoms with van der Waals surface area (Å²) in [7, 11) is 0. The van der Waals surface area contributed by atoms with Gasteiger partial charge in [-0.3, -0.25) is 4.98 Å². The predicted octanol–water partition coefficient (Wildman–Crippen LogP) is 3.99. The fourth-order valence-electron chi connectivity index (χ4n) is 1.85. The molecule has 0 spiro atoms. The SMILES string of the molecule is CCNCc1cc(Br)c(OCc2cncs2)c(OCC)c1. The third-order valence-electron chi connectivity index (χ3n) is 2.79. The minimum Gasteiger partial charge on any atom is -0.490 e. The summed E-state index contributed by atoms with van der Waals surface area (Å²) in [6.45, 7) is 6.91. The fraction of sp³-hybridized carbons (Fsp3) is 0.400. The lowest BCUT2D eigenvalue weighted by Gasteiger charge is -2.15. The molecule has 0 bridgehead atoms. The lowest BCUT2D eigenvalue weighted by atomic mass is 10.2. The lowest BCUT2D eigenvalue weighted by molar-refractivity contribution is 0.269. The topological polar surface area (TPSA) is 43.4 Å². The van der Waals surface area contributed by atoms with Gasteiger partial charge in [0.2, 0.25) is 0 Å². The van der Waals surface area contributed by atoms with E-state index < -0.39 is 0 Å². The average molecular weight is 371 g/mol. The number of nitrogens with one attached hydrogen (secondary N) is 1. The van der Waals surface area contributed by atoms with Gasteiger partial charge in [-0.15, -0.1) is 11.3 Å². The van der Waals surface area contributed by atoms with Crippen molar-refractivity contribution in [3.05, 3.63) is 38.8 Å². The molecule has 1 aromatic carbocycles. The molecule has 0 radical (unpaired) electrons. The zero-order valence-corrected chi connectivity index (χ0v) is 14.6. The molecule has 0 aliphatic heterocycles. The molecule has 6 heteroatoms. The Bertz CT molecular complexity index is 561. The minimum absolute atomic E-state index is 0.496. The van der Waals surface area contributed by atoms with Crippen LogP contribution in [0.2, 0.25) is 0 Å². The summed E-state index contributed by atoms with van der Waals surface area (Å²) in [5.74, 6) is 1.51. The van der Waals surface area contributed by atoms with E-state index in [4.69, 9.17) is 9.47 Å². The molecule has 0 unspecified atom stereocenters. The zero-order valence-electron chi connectivity index (χ0n) is 12.2. The van der Waals surface area contributed by atoms with Crippen LogP contribution in [0.1, 0.15) is 24.3 Å². The monoisotopic (exact) mass is 370 g/mol. The third kappa shape index (κ3) is 4.69. The molecular formula is C15H19BrN2O2S. The van der Waals surface area contributed by atoms with Crippen LogP contribution in [0, 0.1) is 0 Å². The number of nitrogens with zero attached hydrogens (tertiary/aromatic N) is 1. The number of hydrogen-bond acceptors (Lipinski definition) is 5. The molecule has 2 aromatic rings. The second-order valence-electron chi connectivity index (χ2n) is 4.37.